The third-order valence-corrected chi connectivity index (χ3v) is 6.31. The zero-order valence-corrected chi connectivity index (χ0v) is 16.6. The fourth-order valence-electron chi connectivity index (χ4n) is 3.87. The maximum absolute atomic E-state index is 12.7. The summed E-state index contributed by atoms with van der Waals surface area (Å²) < 4.78 is 13.2. The van der Waals surface area contributed by atoms with Gasteiger partial charge in [0.2, 0.25) is 0 Å². The molecule has 1 aliphatic carbocycles. The molecule has 1 fully saturated rings. The number of rotatable bonds is 4. The predicted octanol–water partition coefficient (Wildman–Crippen LogP) is 3.09. The molecule has 1 saturated carbocycles. The van der Waals surface area contributed by atoms with Crippen LogP contribution >= 0.6 is 11.3 Å². The van der Waals surface area contributed by atoms with Crippen LogP contribution in [-0.2, 0) is 0 Å². The molecule has 3 aromatic heterocycles. The van der Waals surface area contributed by atoms with E-state index in [-0.39, 0.29) is 11.9 Å². The molecule has 0 saturated heterocycles. The monoisotopic (exact) mass is 411 g/mol. The van der Waals surface area contributed by atoms with Crippen LogP contribution in [0.5, 0.6) is 11.5 Å². The van der Waals surface area contributed by atoms with Crippen LogP contribution in [0.2, 0.25) is 0 Å². The topological polar surface area (TPSA) is 91.2 Å². The third-order valence-electron chi connectivity index (χ3n) is 5.37. The van der Waals surface area contributed by atoms with Crippen LogP contribution in [0.25, 0.3) is 11.3 Å². The van der Waals surface area contributed by atoms with E-state index in [1.165, 1.54) is 11.3 Å². The molecule has 0 unspecified atom stereocenters. The molecule has 0 spiro atoms. The fraction of sp³-hybridized carbons (Fsp3) is 0.400. The third kappa shape index (κ3) is 3.69. The van der Waals surface area contributed by atoms with Crippen molar-refractivity contribution in [3.63, 3.8) is 0 Å². The number of ether oxygens (including phenoxy) is 2. The summed E-state index contributed by atoms with van der Waals surface area (Å²) in [6.45, 7) is 1.01. The minimum Gasteiger partial charge on any atom is -0.485 e. The first kappa shape index (κ1) is 18.1. The highest BCUT2D eigenvalue weighted by Gasteiger charge is 2.28. The van der Waals surface area contributed by atoms with Gasteiger partial charge in [0.15, 0.2) is 11.5 Å². The summed E-state index contributed by atoms with van der Waals surface area (Å²) >= 11 is 1.37. The Balaban J connectivity index is 1.18. The maximum Gasteiger partial charge on any atom is 0.265 e. The number of fused-ring (bicyclic) bond motifs is 1. The number of hydrogen-bond acceptors (Lipinski definition) is 7. The quantitative estimate of drug-likeness (QED) is 0.709. The molecule has 0 atom stereocenters. The van der Waals surface area contributed by atoms with Crippen LogP contribution in [0.1, 0.15) is 41.4 Å². The molecule has 8 nitrogen and oxygen atoms in total. The van der Waals surface area contributed by atoms with Crippen molar-refractivity contribution in [2.45, 2.75) is 37.8 Å². The summed E-state index contributed by atoms with van der Waals surface area (Å²) in [7, 11) is 0. The summed E-state index contributed by atoms with van der Waals surface area (Å²) in [6, 6.07) is 0.496. The van der Waals surface area contributed by atoms with Crippen molar-refractivity contribution >= 4 is 17.2 Å². The molecule has 9 heteroatoms. The van der Waals surface area contributed by atoms with E-state index in [1.54, 1.807) is 18.6 Å². The lowest BCUT2D eigenvalue weighted by atomic mass is 9.91. The van der Waals surface area contributed by atoms with Crippen LogP contribution in [0.15, 0.2) is 36.4 Å². The second-order valence-electron chi connectivity index (χ2n) is 7.23. The van der Waals surface area contributed by atoms with E-state index < -0.39 is 0 Å². The van der Waals surface area contributed by atoms with Crippen molar-refractivity contribution < 1.29 is 14.3 Å². The minimum absolute atomic E-state index is 0.0748. The van der Waals surface area contributed by atoms with Crippen molar-refractivity contribution in [2.24, 2.45) is 0 Å². The predicted molar refractivity (Wildman–Crippen MR) is 107 cm³/mol. The highest BCUT2D eigenvalue weighted by atomic mass is 32.1. The molecule has 0 aromatic carbocycles. The van der Waals surface area contributed by atoms with Crippen LogP contribution in [0, 0.1) is 0 Å². The SMILES string of the molecule is O=C(NC1CCC(n2cc(-c3cnccn3)cn2)CC1)c1scc2c1OCCO2. The zero-order valence-electron chi connectivity index (χ0n) is 15.8. The molecule has 5 rings (SSSR count). The van der Waals surface area contributed by atoms with E-state index in [0.717, 1.165) is 36.9 Å². The molecule has 1 amide bonds. The van der Waals surface area contributed by atoms with E-state index in [9.17, 15) is 4.79 Å². The number of carbonyl (C=O) groups is 1. The average molecular weight is 411 g/mol. The Morgan fingerprint density at radius 1 is 1.14 bits per heavy atom. The number of amides is 1. The molecule has 1 aliphatic heterocycles. The number of aromatic nitrogens is 4. The van der Waals surface area contributed by atoms with Crippen molar-refractivity contribution in [1.82, 2.24) is 25.1 Å². The molecule has 0 radical (unpaired) electrons. The first-order valence-corrected chi connectivity index (χ1v) is 10.6. The lowest BCUT2D eigenvalue weighted by Gasteiger charge is -2.29. The Kier molecular flexibility index (Phi) is 4.89. The van der Waals surface area contributed by atoms with E-state index in [1.807, 2.05) is 22.5 Å². The summed E-state index contributed by atoms with van der Waals surface area (Å²) in [5.74, 6) is 1.18. The number of hydrogen-bond donors (Lipinski definition) is 1. The summed E-state index contributed by atoms with van der Waals surface area (Å²) in [5, 5.41) is 9.53. The fourth-order valence-corrected chi connectivity index (χ4v) is 4.71. The second kappa shape index (κ2) is 7.82. The molecule has 29 heavy (non-hydrogen) atoms. The summed E-state index contributed by atoms with van der Waals surface area (Å²) in [6.07, 6.45) is 12.7. The first-order chi connectivity index (χ1) is 14.3. The average Bonchev–Trinajstić information content (AvgIpc) is 3.43. The normalized spacial score (nSPS) is 21.0. The Bertz CT molecular complexity index is 995. The van der Waals surface area contributed by atoms with Gasteiger partial charge in [-0.15, -0.1) is 11.3 Å². The second-order valence-corrected chi connectivity index (χ2v) is 8.11. The largest absolute Gasteiger partial charge is 0.485 e. The lowest BCUT2D eigenvalue weighted by molar-refractivity contribution is 0.0917. The summed E-state index contributed by atoms with van der Waals surface area (Å²) in [5.41, 5.74) is 1.79. The maximum atomic E-state index is 12.7. The molecular weight excluding hydrogens is 390 g/mol. The standard InChI is InChI=1S/C20H21N5O3S/c26-20(19-18-17(12-29-19)27-7-8-28-18)24-14-1-3-15(4-2-14)25-11-13(9-23-25)16-10-21-5-6-22-16/h5-6,9-12,14-15H,1-4,7-8H2,(H,24,26). The van der Waals surface area contributed by atoms with E-state index in [0.29, 0.717) is 35.6 Å². The Hall–Kier alpha value is -2.94. The van der Waals surface area contributed by atoms with E-state index >= 15 is 0 Å². The smallest absolute Gasteiger partial charge is 0.265 e. The van der Waals surface area contributed by atoms with Crippen molar-refractivity contribution in [1.29, 1.82) is 0 Å². The van der Waals surface area contributed by atoms with Gasteiger partial charge < -0.3 is 14.8 Å². The number of nitrogens with one attached hydrogen (secondary N) is 1. The van der Waals surface area contributed by atoms with Crippen molar-refractivity contribution in [3.05, 3.63) is 41.2 Å². The summed E-state index contributed by atoms with van der Waals surface area (Å²) in [4.78, 5) is 21.7. The number of nitrogens with zero attached hydrogens (tertiary/aromatic N) is 4. The van der Waals surface area contributed by atoms with Gasteiger partial charge in [0.05, 0.1) is 24.1 Å². The van der Waals surface area contributed by atoms with Gasteiger partial charge in [-0.2, -0.15) is 5.10 Å². The van der Waals surface area contributed by atoms with Crippen LogP contribution < -0.4 is 14.8 Å². The van der Waals surface area contributed by atoms with Crippen molar-refractivity contribution in [2.75, 3.05) is 13.2 Å². The van der Waals surface area contributed by atoms with Gasteiger partial charge in [0, 0.05) is 35.6 Å². The molecule has 3 aromatic rings. The highest BCUT2D eigenvalue weighted by Crippen LogP contribution is 2.39. The van der Waals surface area contributed by atoms with Crippen LogP contribution in [0.3, 0.4) is 0 Å². The Morgan fingerprint density at radius 3 is 2.83 bits per heavy atom. The van der Waals surface area contributed by atoms with E-state index in [4.69, 9.17) is 9.47 Å². The zero-order chi connectivity index (χ0) is 19.6. The highest BCUT2D eigenvalue weighted by molar-refractivity contribution is 7.12. The van der Waals surface area contributed by atoms with Gasteiger partial charge in [0.25, 0.3) is 5.91 Å². The first-order valence-electron chi connectivity index (χ1n) is 9.76. The molecule has 1 N–H and O–H groups in total. The van der Waals surface area contributed by atoms with Crippen LogP contribution in [-0.4, -0.2) is 44.9 Å². The molecule has 2 aliphatic rings. The van der Waals surface area contributed by atoms with Gasteiger partial charge in [0.1, 0.15) is 18.1 Å². The van der Waals surface area contributed by atoms with Gasteiger partial charge >= 0.3 is 0 Å². The Morgan fingerprint density at radius 2 is 2.00 bits per heavy atom. The minimum atomic E-state index is -0.0748. The van der Waals surface area contributed by atoms with Crippen molar-refractivity contribution in [3.8, 4) is 22.8 Å². The number of thiophene rings is 1. The van der Waals surface area contributed by atoms with Crippen LogP contribution in [0.4, 0.5) is 0 Å². The molecule has 150 valence electrons. The van der Waals surface area contributed by atoms with E-state index in [2.05, 4.69) is 20.4 Å². The van der Waals surface area contributed by atoms with Gasteiger partial charge in [-0.05, 0) is 25.7 Å². The Labute approximate surface area is 171 Å². The van der Waals surface area contributed by atoms with Gasteiger partial charge in [-0.1, -0.05) is 0 Å². The van der Waals surface area contributed by atoms with Gasteiger partial charge in [-0.25, -0.2) is 0 Å². The molecular formula is C20H21N5O3S. The molecule has 4 heterocycles. The molecule has 0 bridgehead atoms. The lowest BCUT2D eigenvalue weighted by Crippen LogP contribution is -2.38. The number of carbonyl (C=O) groups excluding carboxylic acids is 1. The van der Waals surface area contributed by atoms with Gasteiger partial charge in [-0.3, -0.25) is 19.4 Å².